The van der Waals surface area contributed by atoms with Crippen molar-refractivity contribution in [2.24, 2.45) is 5.73 Å². The highest BCUT2D eigenvalue weighted by Crippen LogP contribution is 2.35. The van der Waals surface area contributed by atoms with Gasteiger partial charge in [0.05, 0.1) is 9.92 Å². The summed E-state index contributed by atoms with van der Waals surface area (Å²) in [6.07, 6.45) is 1.94. The lowest BCUT2D eigenvalue weighted by Crippen LogP contribution is -2.18. The Morgan fingerprint density at radius 1 is 1.35 bits per heavy atom. The van der Waals surface area contributed by atoms with Crippen LogP contribution in [0.1, 0.15) is 12.5 Å². The Bertz CT molecular complexity index is 597. The first kappa shape index (κ1) is 15.2. The van der Waals surface area contributed by atoms with Crippen molar-refractivity contribution in [2.75, 3.05) is 0 Å². The Morgan fingerprint density at radius 2 is 2.00 bits per heavy atom. The number of nitrogens with zero attached hydrogens (tertiary/aromatic N) is 1. The minimum Gasteiger partial charge on any atom is -0.328 e. The summed E-state index contributed by atoms with van der Waals surface area (Å²) in [4.78, 5) is 3.89. The first-order chi connectivity index (χ1) is 9.47. The van der Waals surface area contributed by atoms with Gasteiger partial charge in [0.1, 0.15) is 16.7 Å². The summed E-state index contributed by atoms with van der Waals surface area (Å²) in [5.74, 6) is -1.26. The second kappa shape index (κ2) is 6.52. The van der Waals surface area contributed by atoms with Crippen molar-refractivity contribution in [2.45, 2.75) is 29.3 Å². The highest BCUT2D eigenvalue weighted by Gasteiger charge is 2.15. The summed E-state index contributed by atoms with van der Waals surface area (Å²) in [7, 11) is 0. The largest absolute Gasteiger partial charge is 0.328 e. The fourth-order valence-corrected chi connectivity index (χ4v) is 2.77. The van der Waals surface area contributed by atoms with Gasteiger partial charge in [0, 0.05) is 12.2 Å². The van der Waals surface area contributed by atoms with Gasteiger partial charge in [-0.1, -0.05) is 23.4 Å². The van der Waals surface area contributed by atoms with Crippen LogP contribution in [0.15, 0.2) is 40.4 Å². The van der Waals surface area contributed by atoms with E-state index in [0.717, 1.165) is 11.8 Å². The molecule has 0 saturated heterocycles. The lowest BCUT2D eigenvalue weighted by Gasteiger charge is -2.09. The molecular weight excluding hydrogens is 302 g/mol. The van der Waals surface area contributed by atoms with E-state index in [-0.39, 0.29) is 10.9 Å². The van der Waals surface area contributed by atoms with Gasteiger partial charge in [-0.3, -0.25) is 0 Å². The second-order valence-electron chi connectivity index (χ2n) is 4.46. The molecule has 1 unspecified atom stereocenters. The number of hydrogen-bond donors (Lipinski definition) is 1. The van der Waals surface area contributed by atoms with Crippen LogP contribution in [0.2, 0.25) is 5.02 Å². The van der Waals surface area contributed by atoms with E-state index in [1.54, 1.807) is 19.1 Å². The van der Waals surface area contributed by atoms with Crippen molar-refractivity contribution in [3.63, 3.8) is 0 Å². The Balaban J connectivity index is 2.31. The molecule has 1 aromatic carbocycles. The van der Waals surface area contributed by atoms with Crippen LogP contribution in [0, 0.1) is 11.6 Å². The fraction of sp³-hybridized carbons (Fsp3) is 0.214. The Morgan fingerprint density at radius 3 is 2.55 bits per heavy atom. The molecular formula is C14H13ClF2N2S. The number of pyridine rings is 1. The van der Waals surface area contributed by atoms with Crippen molar-refractivity contribution < 1.29 is 8.78 Å². The summed E-state index contributed by atoms with van der Waals surface area (Å²) >= 11 is 6.80. The number of rotatable bonds is 4. The molecule has 2 rings (SSSR count). The minimum absolute atomic E-state index is 0.112. The first-order valence-electron chi connectivity index (χ1n) is 5.99. The molecule has 1 aromatic heterocycles. The zero-order chi connectivity index (χ0) is 14.7. The van der Waals surface area contributed by atoms with E-state index in [1.807, 2.05) is 0 Å². The van der Waals surface area contributed by atoms with Gasteiger partial charge in [0.15, 0.2) is 0 Å². The average molecular weight is 315 g/mol. The topological polar surface area (TPSA) is 38.9 Å². The zero-order valence-electron chi connectivity index (χ0n) is 10.7. The van der Waals surface area contributed by atoms with Crippen molar-refractivity contribution in [3.8, 4) is 0 Å². The average Bonchev–Trinajstić information content (AvgIpc) is 2.35. The third kappa shape index (κ3) is 3.69. The van der Waals surface area contributed by atoms with Gasteiger partial charge in [-0.05, 0) is 43.2 Å². The number of halogens is 3. The van der Waals surface area contributed by atoms with Crippen LogP contribution in [0.5, 0.6) is 0 Å². The first-order valence-corrected chi connectivity index (χ1v) is 7.18. The lowest BCUT2D eigenvalue weighted by atomic mass is 10.1. The van der Waals surface area contributed by atoms with E-state index in [4.69, 9.17) is 17.3 Å². The standard InChI is InChI=1S/C14H13ClF2N2S/c1-8(18)5-9-6-11(16)13(12(17)7-9)20-14-10(15)3-2-4-19-14/h2-4,6-8H,5,18H2,1H3. The van der Waals surface area contributed by atoms with Crippen LogP contribution in [-0.4, -0.2) is 11.0 Å². The molecule has 2 N–H and O–H groups in total. The molecule has 0 aliphatic carbocycles. The predicted octanol–water partition coefficient (Wildman–Crippen LogP) is 4.05. The van der Waals surface area contributed by atoms with Crippen LogP contribution in [0.3, 0.4) is 0 Å². The van der Waals surface area contributed by atoms with Gasteiger partial charge >= 0.3 is 0 Å². The highest BCUT2D eigenvalue weighted by atomic mass is 35.5. The number of hydrogen-bond acceptors (Lipinski definition) is 3. The van der Waals surface area contributed by atoms with Gasteiger partial charge in [-0.2, -0.15) is 0 Å². The summed E-state index contributed by atoms with van der Waals surface area (Å²) in [6, 6.07) is 5.72. The Kier molecular flexibility index (Phi) is 4.96. The maximum Gasteiger partial charge on any atom is 0.140 e. The smallest absolute Gasteiger partial charge is 0.140 e. The summed E-state index contributed by atoms with van der Waals surface area (Å²) in [6.45, 7) is 1.78. The van der Waals surface area contributed by atoms with Crippen LogP contribution < -0.4 is 5.73 Å². The highest BCUT2D eigenvalue weighted by molar-refractivity contribution is 7.99. The van der Waals surface area contributed by atoms with E-state index in [0.29, 0.717) is 22.0 Å². The van der Waals surface area contributed by atoms with E-state index < -0.39 is 11.6 Å². The van der Waals surface area contributed by atoms with Gasteiger partial charge < -0.3 is 5.73 Å². The van der Waals surface area contributed by atoms with E-state index >= 15 is 0 Å². The van der Waals surface area contributed by atoms with Gasteiger partial charge in [0.25, 0.3) is 0 Å². The van der Waals surface area contributed by atoms with Crippen LogP contribution in [-0.2, 0) is 6.42 Å². The van der Waals surface area contributed by atoms with E-state index in [1.165, 1.54) is 18.3 Å². The van der Waals surface area contributed by atoms with Crippen LogP contribution in [0.25, 0.3) is 0 Å². The molecule has 0 fully saturated rings. The Hall–Kier alpha value is -1.17. The Labute approximate surface area is 125 Å². The van der Waals surface area contributed by atoms with Crippen molar-refractivity contribution in [1.29, 1.82) is 0 Å². The number of benzene rings is 1. The molecule has 106 valence electrons. The summed E-state index contributed by atoms with van der Waals surface area (Å²) in [5, 5.41) is 0.725. The van der Waals surface area contributed by atoms with Crippen LogP contribution in [0.4, 0.5) is 8.78 Å². The zero-order valence-corrected chi connectivity index (χ0v) is 12.3. The van der Waals surface area contributed by atoms with Crippen LogP contribution >= 0.6 is 23.4 Å². The summed E-state index contributed by atoms with van der Waals surface area (Å²) in [5.41, 5.74) is 6.16. The molecule has 20 heavy (non-hydrogen) atoms. The molecule has 6 heteroatoms. The summed E-state index contributed by atoms with van der Waals surface area (Å²) < 4.78 is 28.0. The molecule has 0 aliphatic heterocycles. The van der Waals surface area contributed by atoms with Crippen molar-refractivity contribution in [1.82, 2.24) is 4.98 Å². The third-order valence-electron chi connectivity index (χ3n) is 2.54. The minimum atomic E-state index is -0.632. The normalized spacial score (nSPS) is 12.4. The van der Waals surface area contributed by atoms with Crippen molar-refractivity contribution in [3.05, 3.63) is 52.7 Å². The third-order valence-corrected chi connectivity index (χ3v) is 4.07. The molecule has 0 radical (unpaired) electrons. The van der Waals surface area contributed by atoms with E-state index in [9.17, 15) is 8.78 Å². The van der Waals surface area contributed by atoms with Gasteiger partial charge in [-0.15, -0.1) is 0 Å². The SMILES string of the molecule is CC(N)Cc1cc(F)c(Sc2ncccc2Cl)c(F)c1. The molecule has 0 aliphatic rings. The number of aromatic nitrogens is 1. The lowest BCUT2D eigenvalue weighted by molar-refractivity contribution is 0.535. The maximum absolute atomic E-state index is 14.0. The molecule has 1 heterocycles. The predicted molar refractivity (Wildman–Crippen MR) is 77.1 cm³/mol. The monoisotopic (exact) mass is 314 g/mol. The quantitative estimate of drug-likeness (QED) is 0.925. The molecule has 1 atom stereocenters. The number of nitrogens with two attached hydrogens (primary N) is 1. The molecule has 0 amide bonds. The maximum atomic E-state index is 14.0. The molecule has 2 aromatic rings. The fourth-order valence-electron chi connectivity index (χ4n) is 1.74. The van der Waals surface area contributed by atoms with Gasteiger partial charge in [-0.25, -0.2) is 13.8 Å². The van der Waals surface area contributed by atoms with E-state index in [2.05, 4.69) is 4.98 Å². The molecule has 2 nitrogen and oxygen atoms in total. The molecule has 0 spiro atoms. The molecule has 0 bridgehead atoms. The van der Waals surface area contributed by atoms with Gasteiger partial charge in [0.2, 0.25) is 0 Å². The molecule has 0 saturated carbocycles. The second-order valence-corrected chi connectivity index (χ2v) is 5.87. The van der Waals surface area contributed by atoms with Crippen molar-refractivity contribution >= 4 is 23.4 Å².